The largest absolute Gasteiger partial charge is 0.490 e. The minimum atomic E-state index is -2.89. The highest BCUT2D eigenvalue weighted by atomic mass is 19.3. The number of halogens is 2. The molecule has 0 aromatic heterocycles. The summed E-state index contributed by atoms with van der Waals surface area (Å²) in [5, 5.41) is 3.34. The van der Waals surface area contributed by atoms with Gasteiger partial charge in [-0.1, -0.05) is 6.42 Å². The van der Waals surface area contributed by atoms with Crippen LogP contribution >= 0.6 is 0 Å². The molecule has 2 heterocycles. The maximum atomic E-state index is 14.0. The normalized spacial score (nSPS) is 22.7. The third kappa shape index (κ3) is 3.12. The highest BCUT2D eigenvalue weighted by Gasteiger charge is 2.33. The summed E-state index contributed by atoms with van der Waals surface area (Å²) in [4.78, 5) is 0. The van der Waals surface area contributed by atoms with E-state index in [9.17, 15) is 8.78 Å². The Morgan fingerprint density at radius 1 is 1.10 bits per heavy atom. The Labute approximate surface area is 123 Å². The van der Waals surface area contributed by atoms with Crippen molar-refractivity contribution in [2.24, 2.45) is 0 Å². The van der Waals surface area contributed by atoms with Crippen LogP contribution in [0.25, 0.3) is 0 Å². The molecule has 0 radical (unpaired) electrons. The third-order valence-electron chi connectivity index (χ3n) is 4.08. The second kappa shape index (κ2) is 5.79. The van der Waals surface area contributed by atoms with Gasteiger partial charge in [-0.3, -0.25) is 0 Å². The summed E-state index contributed by atoms with van der Waals surface area (Å²) < 4.78 is 39.2. The van der Waals surface area contributed by atoms with Crippen molar-refractivity contribution in [1.82, 2.24) is 5.32 Å². The Morgan fingerprint density at radius 3 is 2.43 bits per heavy atom. The topological polar surface area (TPSA) is 30.5 Å². The number of fused-ring (bicyclic) bond motifs is 1. The summed E-state index contributed by atoms with van der Waals surface area (Å²) in [5.74, 6) is -1.87. The molecular weight excluding hydrogens is 276 g/mol. The van der Waals surface area contributed by atoms with Crippen molar-refractivity contribution >= 4 is 0 Å². The predicted octanol–water partition coefficient (Wildman–Crippen LogP) is 3.77. The molecule has 1 aromatic carbocycles. The number of nitrogens with one attached hydrogen (secondary N) is 1. The van der Waals surface area contributed by atoms with Crippen LogP contribution in [0.15, 0.2) is 12.1 Å². The van der Waals surface area contributed by atoms with Crippen LogP contribution in [0.5, 0.6) is 11.5 Å². The zero-order valence-electron chi connectivity index (χ0n) is 12.3. The number of hydrogen-bond acceptors (Lipinski definition) is 3. The molecule has 0 aliphatic carbocycles. The van der Waals surface area contributed by atoms with Crippen molar-refractivity contribution < 1.29 is 18.3 Å². The van der Waals surface area contributed by atoms with Crippen LogP contribution in [0, 0.1) is 0 Å². The van der Waals surface area contributed by atoms with Crippen LogP contribution in [0.2, 0.25) is 0 Å². The fourth-order valence-electron chi connectivity index (χ4n) is 3.01. The van der Waals surface area contributed by atoms with Gasteiger partial charge in [-0.15, -0.1) is 0 Å². The van der Waals surface area contributed by atoms with E-state index in [2.05, 4.69) is 5.32 Å². The summed E-state index contributed by atoms with van der Waals surface area (Å²) in [6.07, 6.45) is 3.80. The molecular formula is C16H21F2NO2. The zero-order valence-corrected chi connectivity index (χ0v) is 12.3. The van der Waals surface area contributed by atoms with Crippen molar-refractivity contribution in [3.63, 3.8) is 0 Å². The van der Waals surface area contributed by atoms with E-state index in [0.29, 0.717) is 30.3 Å². The van der Waals surface area contributed by atoms with E-state index >= 15 is 0 Å². The van der Waals surface area contributed by atoms with Crippen LogP contribution in [0.4, 0.5) is 8.78 Å². The van der Waals surface area contributed by atoms with E-state index in [4.69, 9.17) is 9.47 Å². The minimum Gasteiger partial charge on any atom is -0.490 e. The van der Waals surface area contributed by atoms with E-state index in [1.165, 1.54) is 6.07 Å². The summed E-state index contributed by atoms with van der Waals surface area (Å²) in [7, 11) is 0. The van der Waals surface area contributed by atoms with Crippen molar-refractivity contribution in [1.29, 1.82) is 0 Å². The maximum absolute atomic E-state index is 14.0. The molecule has 0 saturated carbocycles. The number of rotatable bonds is 2. The molecule has 0 spiro atoms. The molecule has 21 heavy (non-hydrogen) atoms. The van der Waals surface area contributed by atoms with Crippen molar-refractivity contribution in [2.45, 2.75) is 44.6 Å². The van der Waals surface area contributed by atoms with E-state index < -0.39 is 5.92 Å². The molecule has 1 fully saturated rings. The van der Waals surface area contributed by atoms with Gasteiger partial charge in [0.25, 0.3) is 5.92 Å². The Kier molecular flexibility index (Phi) is 4.02. The fraction of sp³-hybridized carbons (Fsp3) is 0.625. The molecule has 0 bridgehead atoms. The number of ether oxygens (including phenoxy) is 2. The van der Waals surface area contributed by atoms with Crippen molar-refractivity contribution in [3.8, 4) is 11.5 Å². The Bertz CT molecular complexity index is 508. The van der Waals surface area contributed by atoms with Gasteiger partial charge in [-0.2, -0.15) is 0 Å². The molecule has 1 N–H and O–H groups in total. The lowest BCUT2D eigenvalue weighted by atomic mass is 9.91. The Morgan fingerprint density at radius 2 is 1.81 bits per heavy atom. The van der Waals surface area contributed by atoms with Crippen LogP contribution in [-0.4, -0.2) is 19.8 Å². The maximum Gasteiger partial charge on any atom is 0.270 e. The van der Waals surface area contributed by atoms with Crippen molar-refractivity contribution in [2.75, 3.05) is 19.8 Å². The molecule has 116 valence electrons. The lowest BCUT2D eigenvalue weighted by molar-refractivity contribution is 0.0155. The van der Waals surface area contributed by atoms with Crippen LogP contribution in [0.3, 0.4) is 0 Å². The SMILES string of the molecule is CC(F)(F)c1cc2c(cc1C1CCCCN1)OCCCO2. The smallest absolute Gasteiger partial charge is 0.270 e. The average Bonchev–Trinajstić information content (AvgIpc) is 2.70. The first kappa shape index (κ1) is 14.6. The Balaban J connectivity index is 2.04. The summed E-state index contributed by atoms with van der Waals surface area (Å²) in [6, 6.07) is 3.18. The standard InChI is InChI=1S/C16H21F2NO2/c1-16(17,18)12-10-15-14(20-7-4-8-21-15)9-11(12)13-5-2-3-6-19-13/h9-10,13,19H,2-8H2,1H3. The molecule has 3 rings (SSSR count). The van der Waals surface area contributed by atoms with Gasteiger partial charge in [0.15, 0.2) is 11.5 Å². The molecule has 5 heteroatoms. The highest BCUT2D eigenvalue weighted by molar-refractivity contribution is 5.50. The quantitative estimate of drug-likeness (QED) is 0.901. The number of benzene rings is 1. The Hall–Kier alpha value is -1.36. The first-order chi connectivity index (χ1) is 10.1. The second-order valence-electron chi connectivity index (χ2n) is 5.83. The lowest BCUT2D eigenvalue weighted by Gasteiger charge is -2.28. The van der Waals surface area contributed by atoms with E-state index in [1.807, 2.05) is 0 Å². The van der Waals surface area contributed by atoms with Gasteiger partial charge >= 0.3 is 0 Å². The van der Waals surface area contributed by atoms with E-state index in [1.54, 1.807) is 6.07 Å². The van der Waals surface area contributed by atoms with Crippen molar-refractivity contribution in [3.05, 3.63) is 23.3 Å². The molecule has 3 nitrogen and oxygen atoms in total. The molecule has 1 saturated heterocycles. The van der Waals surface area contributed by atoms with Gasteiger partial charge in [0, 0.05) is 24.9 Å². The molecule has 2 aliphatic heterocycles. The minimum absolute atomic E-state index is 0.0308. The van der Waals surface area contributed by atoms with E-state index in [0.717, 1.165) is 39.2 Å². The van der Waals surface area contributed by atoms with Crippen LogP contribution in [0.1, 0.15) is 49.8 Å². The van der Waals surface area contributed by atoms with Gasteiger partial charge in [0.05, 0.1) is 13.2 Å². The molecule has 1 aromatic rings. The van der Waals surface area contributed by atoms with Gasteiger partial charge in [-0.25, -0.2) is 8.78 Å². The van der Waals surface area contributed by atoms with Crippen LogP contribution in [-0.2, 0) is 5.92 Å². The van der Waals surface area contributed by atoms with Gasteiger partial charge in [-0.05, 0) is 37.1 Å². The predicted molar refractivity (Wildman–Crippen MR) is 76.2 cm³/mol. The van der Waals surface area contributed by atoms with E-state index in [-0.39, 0.29) is 11.6 Å². The van der Waals surface area contributed by atoms with Crippen LogP contribution < -0.4 is 14.8 Å². The third-order valence-corrected chi connectivity index (χ3v) is 4.08. The first-order valence-electron chi connectivity index (χ1n) is 7.61. The highest BCUT2D eigenvalue weighted by Crippen LogP contribution is 2.42. The summed E-state index contributed by atoms with van der Waals surface area (Å²) in [6.45, 7) is 2.88. The average molecular weight is 297 g/mol. The van der Waals surface area contributed by atoms with Gasteiger partial charge in [0.1, 0.15) is 0 Å². The molecule has 1 atom stereocenters. The number of hydrogen-bond donors (Lipinski definition) is 1. The molecule has 1 unspecified atom stereocenters. The van der Waals surface area contributed by atoms with Gasteiger partial charge < -0.3 is 14.8 Å². The lowest BCUT2D eigenvalue weighted by Crippen LogP contribution is -2.29. The monoisotopic (exact) mass is 297 g/mol. The van der Waals surface area contributed by atoms with Gasteiger partial charge in [0.2, 0.25) is 0 Å². The zero-order chi connectivity index (χ0) is 14.9. The summed E-state index contributed by atoms with van der Waals surface area (Å²) >= 11 is 0. The molecule has 2 aliphatic rings. The first-order valence-corrected chi connectivity index (χ1v) is 7.61. The fourth-order valence-corrected chi connectivity index (χ4v) is 3.01. The molecule has 0 amide bonds. The second-order valence-corrected chi connectivity index (χ2v) is 5.83. The summed E-state index contributed by atoms with van der Waals surface area (Å²) in [5.41, 5.74) is 0.692. The number of alkyl halides is 2. The number of piperidine rings is 1.